The van der Waals surface area contributed by atoms with Crippen molar-refractivity contribution < 1.29 is 8.42 Å². The van der Waals surface area contributed by atoms with Gasteiger partial charge >= 0.3 is 0 Å². The fourth-order valence-corrected chi connectivity index (χ4v) is 2.54. The highest BCUT2D eigenvalue weighted by Crippen LogP contribution is 2.06. The van der Waals surface area contributed by atoms with Crippen LogP contribution in [0.25, 0.3) is 0 Å². The minimum Gasteiger partial charge on any atom is -0.317 e. The Labute approximate surface area is 105 Å². The van der Waals surface area contributed by atoms with Gasteiger partial charge in [0, 0.05) is 6.54 Å². The molecule has 0 aromatic carbocycles. The van der Waals surface area contributed by atoms with Crippen LogP contribution in [-0.4, -0.2) is 58.8 Å². The van der Waals surface area contributed by atoms with Crippen LogP contribution in [0.3, 0.4) is 0 Å². The molecule has 0 spiro atoms. The summed E-state index contributed by atoms with van der Waals surface area (Å²) in [6, 6.07) is 0. The second-order valence-corrected chi connectivity index (χ2v) is 6.51. The summed E-state index contributed by atoms with van der Waals surface area (Å²) >= 11 is 0. The van der Waals surface area contributed by atoms with Gasteiger partial charge in [-0.2, -0.15) is 0 Å². The molecule has 1 rings (SSSR count). The lowest BCUT2D eigenvalue weighted by Gasteiger charge is -2.14. The highest BCUT2D eigenvalue weighted by atomic mass is 32.2. The van der Waals surface area contributed by atoms with Gasteiger partial charge in [-0.15, -0.1) is 0 Å². The van der Waals surface area contributed by atoms with E-state index in [0.717, 1.165) is 19.5 Å². The smallest absolute Gasteiger partial charge is 0.208 e. The quantitative estimate of drug-likeness (QED) is 0.575. The van der Waals surface area contributed by atoms with E-state index in [2.05, 4.69) is 14.9 Å². The first-order chi connectivity index (χ1) is 8.08. The van der Waals surface area contributed by atoms with Crippen molar-refractivity contribution in [2.45, 2.75) is 25.7 Å². The van der Waals surface area contributed by atoms with Gasteiger partial charge in [0.1, 0.15) is 0 Å². The molecule has 102 valence electrons. The molecule has 1 heterocycles. The molecule has 0 unspecified atom stereocenters. The molecule has 0 aromatic heterocycles. The fraction of sp³-hybridized carbons (Fsp3) is 1.00. The van der Waals surface area contributed by atoms with Crippen LogP contribution in [-0.2, 0) is 10.0 Å². The summed E-state index contributed by atoms with van der Waals surface area (Å²) in [6.45, 7) is 6.14. The predicted octanol–water partition coefficient (Wildman–Crippen LogP) is 0.00120. The van der Waals surface area contributed by atoms with Crippen LogP contribution in [0.4, 0.5) is 0 Å². The van der Waals surface area contributed by atoms with Crippen molar-refractivity contribution in [1.82, 2.24) is 14.9 Å². The van der Waals surface area contributed by atoms with Gasteiger partial charge in [-0.05, 0) is 58.4 Å². The first kappa shape index (κ1) is 14.9. The molecule has 17 heavy (non-hydrogen) atoms. The molecule has 0 aromatic rings. The summed E-state index contributed by atoms with van der Waals surface area (Å²) in [5.74, 6) is 0. The van der Waals surface area contributed by atoms with Crippen LogP contribution < -0.4 is 10.0 Å². The van der Waals surface area contributed by atoms with Crippen molar-refractivity contribution in [3.63, 3.8) is 0 Å². The number of likely N-dealkylation sites (tertiary alicyclic amines) is 1. The van der Waals surface area contributed by atoms with E-state index in [1.54, 1.807) is 0 Å². The minimum absolute atomic E-state index is 0.526. The van der Waals surface area contributed by atoms with Gasteiger partial charge in [-0.25, -0.2) is 13.1 Å². The Balaban J connectivity index is 1.81. The Morgan fingerprint density at radius 2 is 1.71 bits per heavy atom. The van der Waals surface area contributed by atoms with E-state index in [-0.39, 0.29) is 0 Å². The topological polar surface area (TPSA) is 61.4 Å². The van der Waals surface area contributed by atoms with Crippen molar-refractivity contribution in [2.75, 3.05) is 45.5 Å². The largest absolute Gasteiger partial charge is 0.317 e. The van der Waals surface area contributed by atoms with Gasteiger partial charge < -0.3 is 10.2 Å². The Bertz CT molecular complexity index is 287. The standard InChI is InChI=1S/C11H25N3O2S/c1-17(15,16)13-8-4-6-12-7-5-11-14-9-2-3-10-14/h12-13H,2-11H2,1H3. The highest BCUT2D eigenvalue weighted by Gasteiger charge is 2.09. The summed E-state index contributed by atoms with van der Waals surface area (Å²) < 4.78 is 24.0. The molecule has 0 amide bonds. The van der Waals surface area contributed by atoms with E-state index in [4.69, 9.17) is 0 Å². The van der Waals surface area contributed by atoms with Crippen molar-refractivity contribution in [3.05, 3.63) is 0 Å². The summed E-state index contributed by atoms with van der Waals surface area (Å²) in [5, 5.41) is 3.33. The zero-order chi connectivity index (χ0) is 12.6. The van der Waals surface area contributed by atoms with Crippen LogP contribution >= 0.6 is 0 Å². The average molecular weight is 263 g/mol. The van der Waals surface area contributed by atoms with Crippen molar-refractivity contribution in [2.24, 2.45) is 0 Å². The first-order valence-electron chi connectivity index (χ1n) is 6.46. The Morgan fingerprint density at radius 1 is 1.06 bits per heavy atom. The Kier molecular flexibility index (Phi) is 7.03. The van der Waals surface area contributed by atoms with E-state index in [9.17, 15) is 8.42 Å². The molecule has 0 bridgehead atoms. The highest BCUT2D eigenvalue weighted by molar-refractivity contribution is 7.88. The van der Waals surface area contributed by atoms with Gasteiger partial charge in [0.15, 0.2) is 0 Å². The normalized spacial score (nSPS) is 17.7. The lowest BCUT2D eigenvalue weighted by Crippen LogP contribution is -2.28. The number of nitrogens with one attached hydrogen (secondary N) is 2. The molecule has 1 fully saturated rings. The summed E-state index contributed by atoms with van der Waals surface area (Å²) in [5.41, 5.74) is 0. The summed E-state index contributed by atoms with van der Waals surface area (Å²) in [6.07, 6.45) is 5.92. The first-order valence-corrected chi connectivity index (χ1v) is 8.35. The van der Waals surface area contributed by atoms with E-state index in [0.29, 0.717) is 6.54 Å². The second-order valence-electron chi connectivity index (χ2n) is 4.67. The molecule has 5 nitrogen and oxygen atoms in total. The third-order valence-electron chi connectivity index (χ3n) is 2.92. The van der Waals surface area contributed by atoms with Gasteiger partial charge in [0.25, 0.3) is 0 Å². The SMILES string of the molecule is CS(=O)(=O)NCCCNCCCN1CCCC1. The lowest BCUT2D eigenvalue weighted by atomic mass is 10.3. The number of sulfonamides is 1. The molecule has 1 aliphatic rings. The van der Waals surface area contributed by atoms with Crippen LogP contribution in [0, 0.1) is 0 Å². The summed E-state index contributed by atoms with van der Waals surface area (Å²) in [7, 11) is -3.02. The molecule has 0 aliphatic carbocycles. The third-order valence-corrected chi connectivity index (χ3v) is 3.65. The Hall–Kier alpha value is -0.170. The van der Waals surface area contributed by atoms with Gasteiger partial charge in [0.2, 0.25) is 10.0 Å². The van der Waals surface area contributed by atoms with E-state index in [1.807, 2.05) is 0 Å². The molecule has 0 radical (unpaired) electrons. The maximum Gasteiger partial charge on any atom is 0.208 e. The second kappa shape index (κ2) is 8.02. The zero-order valence-corrected chi connectivity index (χ0v) is 11.6. The molecule has 2 N–H and O–H groups in total. The number of rotatable bonds is 9. The summed E-state index contributed by atoms with van der Waals surface area (Å²) in [4.78, 5) is 2.51. The van der Waals surface area contributed by atoms with Gasteiger partial charge in [0.05, 0.1) is 6.26 Å². The number of nitrogens with zero attached hydrogens (tertiary/aromatic N) is 1. The Morgan fingerprint density at radius 3 is 2.35 bits per heavy atom. The molecule has 0 atom stereocenters. The molecule has 6 heteroatoms. The van der Waals surface area contributed by atoms with Crippen LogP contribution in [0.5, 0.6) is 0 Å². The zero-order valence-electron chi connectivity index (χ0n) is 10.7. The molecule has 0 saturated carbocycles. The molecule has 1 saturated heterocycles. The predicted molar refractivity (Wildman–Crippen MR) is 70.6 cm³/mol. The van der Waals surface area contributed by atoms with Crippen molar-refractivity contribution in [1.29, 1.82) is 0 Å². The van der Waals surface area contributed by atoms with E-state index < -0.39 is 10.0 Å². The minimum atomic E-state index is -3.02. The maximum atomic E-state index is 10.8. The molecular formula is C11H25N3O2S. The van der Waals surface area contributed by atoms with Crippen molar-refractivity contribution >= 4 is 10.0 Å². The molecule has 1 aliphatic heterocycles. The van der Waals surface area contributed by atoms with Gasteiger partial charge in [-0.1, -0.05) is 0 Å². The van der Waals surface area contributed by atoms with Crippen LogP contribution in [0.1, 0.15) is 25.7 Å². The molecular weight excluding hydrogens is 238 g/mol. The van der Waals surface area contributed by atoms with Crippen molar-refractivity contribution in [3.8, 4) is 0 Å². The van der Waals surface area contributed by atoms with E-state index >= 15 is 0 Å². The van der Waals surface area contributed by atoms with Crippen LogP contribution in [0.15, 0.2) is 0 Å². The number of hydrogen-bond acceptors (Lipinski definition) is 4. The monoisotopic (exact) mass is 263 g/mol. The number of hydrogen-bond donors (Lipinski definition) is 2. The fourth-order valence-electron chi connectivity index (χ4n) is 2.03. The lowest BCUT2D eigenvalue weighted by molar-refractivity contribution is 0.331. The van der Waals surface area contributed by atoms with Gasteiger partial charge in [-0.3, -0.25) is 0 Å². The maximum absolute atomic E-state index is 10.8. The van der Waals surface area contributed by atoms with E-state index in [1.165, 1.54) is 45.2 Å². The third kappa shape index (κ3) is 8.54. The average Bonchev–Trinajstić information content (AvgIpc) is 2.73. The van der Waals surface area contributed by atoms with Crippen LogP contribution in [0.2, 0.25) is 0 Å².